The number of benzene rings is 2. The van der Waals surface area contributed by atoms with Crippen LogP contribution in [-0.4, -0.2) is 7.11 Å². The van der Waals surface area contributed by atoms with E-state index in [0.717, 1.165) is 15.9 Å². The highest BCUT2D eigenvalue weighted by Crippen LogP contribution is 2.27. The fraction of sp³-hybridized carbons (Fsp3) is 0.200. The molecule has 2 aromatic carbocycles. The summed E-state index contributed by atoms with van der Waals surface area (Å²) in [4.78, 5) is 0. The number of nitrogens with one attached hydrogen (secondary N) is 1. The summed E-state index contributed by atoms with van der Waals surface area (Å²) in [6.45, 7) is 2.15. The lowest BCUT2D eigenvalue weighted by Crippen LogP contribution is -2.06. The van der Waals surface area contributed by atoms with E-state index in [4.69, 9.17) is 4.74 Å². The molecule has 2 rings (SSSR count). The van der Waals surface area contributed by atoms with E-state index >= 15 is 0 Å². The van der Waals surface area contributed by atoms with Gasteiger partial charge in [0.2, 0.25) is 0 Å². The first kappa shape index (κ1) is 14.7. The highest BCUT2D eigenvalue weighted by atomic mass is 127. The van der Waals surface area contributed by atoms with Crippen LogP contribution in [-0.2, 0) is 0 Å². The topological polar surface area (TPSA) is 21.3 Å². The Hall–Kier alpha value is -0.750. The van der Waals surface area contributed by atoms with Crippen molar-refractivity contribution in [2.45, 2.75) is 13.0 Å². The third kappa shape index (κ3) is 4.11. The van der Waals surface area contributed by atoms with Crippen LogP contribution in [0.4, 0.5) is 5.69 Å². The van der Waals surface area contributed by atoms with Crippen LogP contribution in [0.3, 0.4) is 0 Å². The maximum Gasteiger partial charge on any atom is 0.122 e. The van der Waals surface area contributed by atoms with Gasteiger partial charge in [0.05, 0.1) is 7.11 Å². The zero-order chi connectivity index (χ0) is 13.8. The van der Waals surface area contributed by atoms with Crippen molar-refractivity contribution in [3.63, 3.8) is 0 Å². The maximum absolute atomic E-state index is 5.27. The number of hydrogen-bond donors (Lipinski definition) is 1. The molecule has 1 unspecified atom stereocenters. The molecule has 0 heterocycles. The van der Waals surface area contributed by atoms with E-state index in [-0.39, 0.29) is 6.04 Å². The molecular weight excluding hydrogens is 417 g/mol. The maximum atomic E-state index is 5.27. The molecule has 0 saturated heterocycles. The predicted octanol–water partition coefficient (Wildman–Crippen LogP) is 5.24. The van der Waals surface area contributed by atoms with Crippen LogP contribution in [0.1, 0.15) is 18.5 Å². The summed E-state index contributed by atoms with van der Waals surface area (Å²) in [5.74, 6) is 0.840. The summed E-state index contributed by atoms with van der Waals surface area (Å²) < 4.78 is 7.52. The smallest absolute Gasteiger partial charge is 0.122 e. The summed E-state index contributed by atoms with van der Waals surface area (Å²) in [5, 5.41) is 3.48. The van der Waals surface area contributed by atoms with Gasteiger partial charge < -0.3 is 10.1 Å². The fourth-order valence-electron chi connectivity index (χ4n) is 1.85. The van der Waals surface area contributed by atoms with Gasteiger partial charge in [-0.3, -0.25) is 0 Å². The zero-order valence-electron chi connectivity index (χ0n) is 10.8. The van der Waals surface area contributed by atoms with E-state index in [1.807, 2.05) is 18.2 Å². The molecule has 100 valence electrons. The van der Waals surface area contributed by atoms with Crippen LogP contribution in [0.25, 0.3) is 0 Å². The summed E-state index contributed by atoms with van der Waals surface area (Å²) in [6, 6.07) is 14.8. The molecule has 0 saturated carbocycles. The minimum absolute atomic E-state index is 0.246. The van der Waals surface area contributed by atoms with Gasteiger partial charge in [-0.1, -0.05) is 28.1 Å². The van der Waals surface area contributed by atoms with E-state index in [2.05, 4.69) is 75.0 Å². The van der Waals surface area contributed by atoms with Crippen LogP contribution in [0.5, 0.6) is 5.75 Å². The molecule has 0 spiro atoms. The molecule has 0 radical (unpaired) electrons. The summed E-state index contributed by atoms with van der Waals surface area (Å²) in [6.07, 6.45) is 0. The van der Waals surface area contributed by atoms with E-state index in [1.165, 1.54) is 9.13 Å². The van der Waals surface area contributed by atoms with E-state index in [0.29, 0.717) is 0 Å². The third-order valence-corrected chi connectivity index (χ3v) is 4.04. The summed E-state index contributed by atoms with van der Waals surface area (Å²) >= 11 is 5.80. The average Bonchev–Trinajstić information content (AvgIpc) is 2.38. The molecule has 0 aliphatic carbocycles. The van der Waals surface area contributed by atoms with Crippen LogP contribution >= 0.6 is 38.5 Å². The van der Waals surface area contributed by atoms with E-state index in [1.54, 1.807) is 7.11 Å². The molecule has 2 aromatic rings. The molecule has 1 N–H and O–H groups in total. The van der Waals surface area contributed by atoms with Crippen LogP contribution < -0.4 is 10.1 Å². The highest BCUT2D eigenvalue weighted by Gasteiger charge is 2.06. The second kappa shape index (κ2) is 6.61. The van der Waals surface area contributed by atoms with Gasteiger partial charge in [0.25, 0.3) is 0 Å². The quantitative estimate of drug-likeness (QED) is 0.668. The van der Waals surface area contributed by atoms with Crippen molar-refractivity contribution in [3.8, 4) is 5.75 Å². The molecule has 0 amide bonds. The fourth-order valence-corrected chi connectivity index (χ4v) is 2.68. The van der Waals surface area contributed by atoms with Gasteiger partial charge in [-0.2, -0.15) is 0 Å². The Balaban J connectivity index is 2.16. The second-order valence-corrected chi connectivity index (χ2v) is 6.46. The van der Waals surface area contributed by atoms with Crippen molar-refractivity contribution >= 4 is 44.2 Å². The number of halogens is 2. The molecule has 0 aliphatic heterocycles. The monoisotopic (exact) mass is 431 g/mol. The SMILES string of the molecule is COc1cc(Br)cc(NC(C)c2ccc(I)cc2)c1. The van der Waals surface area contributed by atoms with Crippen molar-refractivity contribution in [1.29, 1.82) is 0 Å². The standard InChI is InChI=1S/C15H15BrINO/c1-10(11-3-5-13(17)6-4-11)18-14-7-12(16)8-15(9-14)19-2/h3-10,18H,1-2H3. The second-order valence-electron chi connectivity index (χ2n) is 4.30. The van der Waals surface area contributed by atoms with Gasteiger partial charge in [0, 0.05) is 25.8 Å². The van der Waals surface area contributed by atoms with Gasteiger partial charge in [-0.05, 0) is 59.3 Å². The molecule has 0 aromatic heterocycles. The van der Waals surface area contributed by atoms with E-state index < -0.39 is 0 Å². The molecular formula is C15H15BrINO. The minimum Gasteiger partial charge on any atom is -0.497 e. The number of hydrogen-bond acceptors (Lipinski definition) is 2. The van der Waals surface area contributed by atoms with Crippen LogP contribution in [0, 0.1) is 3.57 Å². The van der Waals surface area contributed by atoms with Crippen molar-refractivity contribution < 1.29 is 4.74 Å². The van der Waals surface area contributed by atoms with Crippen molar-refractivity contribution in [3.05, 3.63) is 56.1 Å². The molecule has 0 fully saturated rings. The first-order valence-electron chi connectivity index (χ1n) is 5.95. The average molecular weight is 432 g/mol. The number of rotatable bonds is 4. The molecule has 19 heavy (non-hydrogen) atoms. The molecule has 1 atom stereocenters. The summed E-state index contributed by atoms with van der Waals surface area (Å²) in [5.41, 5.74) is 2.30. The van der Waals surface area contributed by atoms with E-state index in [9.17, 15) is 0 Å². The Morgan fingerprint density at radius 2 is 1.84 bits per heavy atom. The number of anilines is 1. The van der Waals surface area contributed by atoms with Crippen LogP contribution in [0.2, 0.25) is 0 Å². The lowest BCUT2D eigenvalue weighted by atomic mass is 10.1. The van der Waals surface area contributed by atoms with Crippen LogP contribution in [0.15, 0.2) is 46.9 Å². The largest absolute Gasteiger partial charge is 0.497 e. The molecule has 2 nitrogen and oxygen atoms in total. The number of ether oxygens (including phenoxy) is 1. The van der Waals surface area contributed by atoms with Crippen molar-refractivity contribution in [2.24, 2.45) is 0 Å². The Bertz CT molecular complexity index is 557. The molecule has 4 heteroatoms. The zero-order valence-corrected chi connectivity index (χ0v) is 14.5. The van der Waals surface area contributed by atoms with Gasteiger partial charge in [-0.15, -0.1) is 0 Å². The minimum atomic E-state index is 0.246. The highest BCUT2D eigenvalue weighted by molar-refractivity contribution is 14.1. The number of methoxy groups -OCH3 is 1. The van der Waals surface area contributed by atoms with Gasteiger partial charge in [0.1, 0.15) is 5.75 Å². The molecule has 0 aliphatic rings. The van der Waals surface area contributed by atoms with Crippen molar-refractivity contribution in [2.75, 3.05) is 12.4 Å². The first-order valence-corrected chi connectivity index (χ1v) is 7.82. The Morgan fingerprint density at radius 3 is 2.47 bits per heavy atom. The molecule has 0 bridgehead atoms. The van der Waals surface area contributed by atoms with Gasteiger partial charge in [-0.25, -0.2) is 0 Å². The Morgan fingerprint density at radius 1 is 1.16 bits per heavy atom. The normalized spacial score (nSPS) is 12.0. The van der Waals surface area contributed by atoms with Crippen molar-refractivity contribution in [1.82, 2.24) is 0 Å². The Kier molecular flexibility index (Phi) is 5.10. The van der Waals surface area contributed by atoms with Gasteiger partial charge in [0.15, 0.2) is 0 Å². The summed E-state index contributed by atoms with van der Waals surface area (Å²) in [7, 11) is 1.67. The first-order chi connectivity index (χ1) is 9.08. The third-order valence-electron chi connectivity index (χ3n) is 2.86. The Labute approximate surface area is 135 Å². The van der Waals surface area contributed by atoms with Gasteiger partial charge >= 0.3 is 0 Å². The predicted molar refractivity (Wildman–Crippen MR) is 91.9 cm³/mol. The lowest BCUT2D eigenvalue weighted by Gasteiger charge is -2.17. The lowest BCUT2D eigenvalue weighted by molar-refractivity contribution is 0.414.